The third-order valence-corrected chi connectivity index (χ3v) is 3.25. The highest BCUT2D eigenvalue weighted by Gasteiger charge is 2.18. The summed E-state index contributed by atoms with van der Waals surface area (Å²) in [4.78, 5) is 11.0. The van der Waals surface area contributed by atoms with Gasteiger partial charge in [0.1, 0.15) is 5.75 Å². The van der Waals surface area contributed by atoms with E-state index in [9.17, 15) is 4.79 Å². The Labute approximate surface area is 117 Å². The Bertz CT molecular complexity index is 645. The molecule has 0 atom stereocenters. The number of para-hydroxylation sites is 1. The maximum atomic E-state index is 11.0. The molecule has 2 rings (SSSR count). The van der Waals surface area contributed by atoms with E-state index in [1.165, 1.54) is 0 Å². The summed E-state index contributed by atoms with van der Waals surface area (Å²) in [5.41, 5.74) is 2.69. The van der Waals surface area contributed by atoms with Gasteiger partial charge in [-0.15, -0.1) is 0 Å². The Balaban J connectivity index is 2.63. The number of aromatic nitrogens is 2. The fraction of sp³-hybridized carbons (Fsp3) is 0.333. The topological polar surface area (TPSA) is 64.3 Å². The smallest absolute Gasteiger partial charge is 0.356 e. The zero-order chi connectivity index (χ0) is 14.9. The quantitative estimate of drug-likeness (QED) is 0.931. The van der Waals surface area contributed by atoms with Crippen molar-refractivity contribution in [1.82, 2.24) is 9.78 Å². The average Bonchev–Trinajstić information content (AvgIpc) is 2.79. The van der Waals surface area contributed by atoms with E-state index >= 15 is 0 Å². The Kier molecular flexibility index (Phi) is 3.79. The van der Waals surface area contributed by atoms with Crippen molar-refractivity contribution < 1.29 is 14.6 Å². The Morgan fingerprint density at radius 3 is 2.60 bits per heavy atom. The SMILES string of the molecule is COc1c(-c2cc(C(=O)O)nn2C)cccc1C(C)C. The van der Waals surface area contributed by atoms with Crippen LogP contribution in [-0.4, -0.2) is 28.0 Å². The first-order valence-corrected chi connectivity index (χ1v) is 6.40. The van der Waals surface area contributed by atoms with Gasteiger partial charge in [-0.05, 0) is 23.6 Å². The predicted molar refractivity (Wildman–Crippen MR) is 76.2 cm³/mol. The number of ether oxygens (including phenoxy) is 1. The Morgan fingerprint density at radius 1 is 1.40 bits per heavy atom. The van der Waals surface area contributed by atoms with Crippen LogP contribution >= 0.6 is 0 Å². The molecule has 1 aromatic heterocycles. The molecule has 0 saturated heterocycles. The monoisotopic (exact) mass is 274 g/mol. The number of methoxy groups -OCH3 is 1. The second-order valence-corrected chi connectivity index (χ2v) is 4.93. The fourth-order valence-corrected chi connectivity index (χ4v) is 2.26. The summed E-state index contributed by atoms with van der Waals surface area (Å²) in [6.45, 7) is 4.18. The second kappa shape index (κ2) is 5.36. The van der Waals surface area contributed by atoms with E-state index in [1.54, 1.807) is 24.9 Å². The van der Waals surface area contributed by atoms with Gasteiger partial charge in [0.15, 0.2) is 5.69 Å². The molecule has 0 aliphatic heterocycles. The molecule has 0 fully saturated rings. The molecule has 5 nitrogen and oxygen atoms in total. The molecule has 0 unspecified atom stereocenters. The van der Waals surface area contributed by atoms with Crippen LogP contribution in [0.15, 0.2) is 24.3 Å². The van der Waals surface area contributed by atoms with E-state index in [4.69, 9.17) is 9.84 Å². The van der Waals surface area contributed by atoms with E-state index in [0.29, 0.717) is 5.92 Å². The highest BCUT2D eigenvalue weighted by Crippen LogP contribution is 2.36. The van der Waals surface area contributed by atoms with Crippen molar-refractivity contribution in [3.05, 3.63) is 35.5 Å². The standard InChI is InChI=1S/C15H18N2O3/c1-9(2)10-6-5-7-11(14(10)20-4)13-8-12(15(18)19)16-17(13)3/h5-9H,1-4H3,(H,18,19). The minimum Gasteiger partial charge on any atom is -0.496 e. The Hall–Kier alpha value is -2.30. The van der Waals surface area contributed by atoms with Gasteiger partial charge in [-0.2, -0.15) is 5.10 Å². The molecule has 106 valence electrons. The lowest BCUT2D eigenvalue weighted by molar-refractivity contribution is 0.0689. The number of rotatable bonds is 4. The van der Waals surface area contributed by atoms with Crippen LogP contribution in [0.5, 0.6) is 5.75 Å². The average molecular weight is 274 g/mol. The lowest BCUT2D eigenvalue weighted by Crippen LogP contribution is -2.01. The number of aryl methyl sites for hydroxylation is 1. The second-order valence-electron chi connectivity index (χ2n) is 4.93. The third-order valence-electron chi connectivity index (χ3n) is 3.25. The van der Waals surface area contributed by atoms with Gasteiger partial charge in [0, 0.05) is 12.6 Å². The normalized spacial score (nSPS) is 10.8. The predicted octanol–water partition coefficient (Wildman–Crippen LogP) is 2.92. The molecule has 0 radical (unpaired) electrons. The highest BCUT2D eigenvalue weighted by atomic mass is 16.5. The fourth-order valence-electron chi connectivity index (χ4n) is 2.26. The highest BCUT2D eigenvalue weighted by molar-refractivity contribution is 5.87. The minimum atomic E-state index is -1.04. The van der Waals surface area contributed by atoms with Crippen molar-refractivity contribution in [2.24, 2.45) is 7.05 Å². The van der Waals surface area contributed by atoms with E-state index in [0.717, 1.165) is 22.6 Å². The van der Waals surface area contributed by atoms with Crippen LogP contribution in [0, 0.1) is 0 Å². The maximum Gasteiger partial charge on any atom is 0.356 e. The van der Waals surface area contributed by atoms with Crippen molar-refractivity contribution in [2.75, 3.05) is 7.11 Å². The molecule has 0 aliphatic carbocycles. The van der Waals surface area contributed by atoms with Crippen molar-refractivity contribution in [3.8, 4) is 17.0 Å². The number of hydrogen-bond donors (Lipinski definition) is 1. The number of carbonyl (C=O) groups is 1. The van der Waals surface area contributed by atoms with Crippen LogP contribution in [0.4, 0.5) is 0 Å². The molecule has 1 N–H and O–H groups in total. The zero-order valence-corrected chi connectivity index (χ0v) is 12.0. The van der Waals surface area contributed by atoms with Crippen molar-refractivity contribution in [1.29, 1.82) is 0 Å². The first kappa shape index (κ1) is 14.1. The minimum absolute atomic E-state index is 0.0273. The lowest BCUT2D eigenvalue weighted by atomic mass is 9.97. The molecule has 0 saturated carbocycles. The van der Waals surface area contributed by atoms with E-state index in [1.807, 2.05) is 18.2 Å². The number of hydrogen-bond acceptors (Lipinski definition) is 3. The molecule has 0 aliphatic rings. The number of nitrogens with zero attached hydrogens (tertiary/aromatic N) is 2. The molecule has 20 heavy (non-hydrogen) atoms. The number of aromatic carboxylic acids is 1. The summed E-state index contributed by atoms with van der Waals surface area (Å²) in [5, 5.41) is 13.0. The molecule has 0 amide bonds. The summed E-state index contributed by atoms with van der Waals surface area (Å²) in [7, 11) is 3.35. The summed E-state index contributed by atoms with van der Waals surface area (Å²) in [5.74, 6) is 0.0466. The maximum absolute atomic E-state index is 11.0. The van der Waals surface area contributed by atoms with E-state index in [-0.39, 0.29) is 5.69 Å². The van der Waals surface area contributed by atoms with Gasteiger partial charge in [0.05, 0.1) is 12.8 Å². The van der Waals surface area contributed by atoms with Crippen molar-refractivity contribution in [2.45, 2.75) is 19.8 Å². The molecular weight excluding hydrogens is 256 g/mol. The number of carboxylic acids is 1. The first-order valence-electron chi connectivity index (χ1n) is 6.40. The van der Waals surface area contributed by atoms with Crippen molar-refractivity contribution in [3.63, 3.8) is 0 Å². The summed E-state index contributed by atoms with van der Waals surface area (Å²) in [6, 6.07) is 7.43. The Morgan fingerprint density at radius 2 is 2.10 bits per heavy atom. The molecule has 5 heteroatoms. The molecule has 1 aromatic carbocycles. The zero-order valence-electron chi connectivity index (χ0n) is 12.0. The molecule has 2 aromatic rings. The van der Waals surface area contributed by atoms with Crippen LogP contribution in [0.1, 0.15) is 35.8 Å². The largest absolute Gasteiger partial charge is 0.496 e. The van der Waals surface area contributed by atoms with E-state index < -0.39 is 5.97 Å². The van der Waals surface area contributed by atoms with Crippen LogP contribution in [0.2, 0.25) is 0 Å². The van der Waals surface area contributed by atoms with Gasteiger partial charge in [-0.25, -0.2) is 4.79 Å². The number of carboxylic acid groups (broad SMARTS) is 1. The molecular formula is C15H18N2O3. The van der Waals surface area contributed by atoms with Gasteiger partial charge in [-0.1, -0.05) is 26.0 Å². The van der Waals surface area contributed by atoms with Gasteiger partial charge < -0.3 is 9.84 Å². The van der Waals surface area contributed by atoms with E-state index in [2.05, 4.69) is 18.9 Å². The summed E-state index contributed by atoms with van der Waals surface area (Å²) in [6.07, 6.45) is 0. The molecule has 1 heterocycles. The van der Waals surface area contributed by atoms with Gasteiger partial charge >= 0.3 is 5.97 Å². The summed E-state index contributed by atoms with van der Waals surface area (Å²) >= 11 is 0. The van der Waals surface area contributed by atoms with Crippen molar-refractivity contribution >= 4 is 5.97 Å². The molecule has 0 bridgehead atoms. The third kappa shape index (κ3) is 2.39. The first-order chi connectivity index (χ1) is 9.45. The van der Waals surface area contributed by atoms with Gasteiger partial charge in [0.25, 0.3) is 0 Å². The lowest BCUT2D eigenvalue weighted by Gasteiger charge is -2.15. The summed E-state index contributed by atoms with van der Waals surface area (Å²) < 4.78 is 7.09. The number of benzene rings is 1. The van der Waals surface area contributed by atoms with Gasteiger partial charge in [-0.3, -0.25) is 4.68 Å². The molecule has 0 spiro atoms. The van der Waals surface area contributed by atoms with Crippen LogP contribution < -0.4 is 4.74 Å². The van der Waals surface area contributed by atoms with Crippen LogP contribution in [0.3, 0.4) is 0 Å². The van der Waals surface area contributed by atoms with Crippen LogP contribution in [-0.2, 0) is 7.05 Å². The van der Waals surface area contributed by atoms with Gasteiger partial charge in [0.2, 0.25) is 0 Å². The van der Waals surface area contributed by atoms with Crippen LogP contribution in [0.25, 0.3) is 11.3 Å².